The minimum atomic E-state index is 0.0969. The third-order valence-corrected chi connectivity index (χ3v) is 2.48. The van der Waals surface area contributed by atoms with Gasteiger partial charge >= 0.3 is 0 Å². The van der Waals surface area contributed by atoms with Crippen molar-refractivity contribution in [3.63, 3.8) is 0 Å². The molecule has 2 N–H and O–H groups in total. The Hall–Kier alpha value is -0.280. The van der Waals surface area contributed by atoms with E-state index < -0.39 is 0 Å². The van der Waals surface area contributed by atoms with E-state index in [1.807, 2.05) is 19.1 Å². The van der Waals surface area contributed by atoms with Crippen molar-refractivity contribution in [2.24, 2.45) is 5.73 Å². The maximum Gasteiger partial charge on any atom is 0.0718 e. The predicted octanol–water partition coefficient (Wildman–Crippen LogP) is 3.25. The lowest BCUT2D eigenvalue weighted by molar-refractivity contribution is 0.107. The summed E-state index contributed by atoms with van der Waals surface area (Å²) in [6.07, 6.45) is 0.913. The molecule has 0 saturated carbocycles. The molecule has 0 fully saturated rings. The fraction of sp³-hybridized carbons (Fsp3) is 0.455. The Morgan fingerprint density at radius 1 is 1.27 bits per heavy atom. The molecule has 15 heavy (non-hydrogen) atoms. The number of hydrogen-bond donors (Lipinski definition) is 1. The molecule has 0 aliphatic heterocycles. The fourth-order valence-electron chi connectivity index (χ4n) is 1.14. The maximum absolute atomic E-state index is 5.85. The molecule has 0 aromatic heterocycles. The molecule has 84 valence electrons. The second kappa shape index (κ2) is 6.33. The lowest BCUT2D eigenvalue weighted by atomic mass is 10.2. The molecule has 1 rings (SSSR count). The zero-order valence-corrected chi connectivity index (χ0v) is 10.2. The molecule has 0 unspecified atom stereocenters. The molecule has 0 aliphatic carbocycles. The smallest absolute Gasteiger partial charge is 0.0718 e. The van der Waals surface area contributed by atoms with Gasteiger partial charge in [-0.3, -0.25) is 0 Å². The van der Waals surface area contributed by atoms with Gasteiger partial charge in [-0.2, -0.15) is 0 Å². The van der Waals surface area contributed by atoms with Gasteiger partial charge in [-0.15, -0.1) is 0 Å². The van der Waals surface area contributed by atoms with E-state index in [0.717, 1.165) is 12.0 Å². The van der Waals surface area contributed by atoms with Crippen molar-refractivity contribution in [3.8, 4) is 0 Å². The highest BCUT2D eigenvalue weighted by Gasteiger charge is 2.01. The molecule has 0 aliphatic rings. The highest BCUT2D eigenvalue weighted by atomic mass is 35.5. The predicted molar refractivity (Wildman–Crippen MR) is 64.4 cm³/mol. The topological polar surface area (TPSA) is 35.2 Å². The summed E-state index contributed by atoms with van der Waals surface area (Å²) < 4.78 is 5.44. The first kappa shape index (κ1) is 12.8. The average molecular weight is 248 g/mol. The van der Waals surface area contributed by atoms with Crippen molar-refractivity contribution in [1.29, 1.82) is 0 Å². The van der Waals surface area contributed by atoms with Crippen LogP contribution >= 0.6 is 23.2 Å². The summed E-state index contributed by atoms with van der Waals surface area (Å²) in [5.74, 6) is 0. The van der Waals surface area contributed by atoms with Crippen LogP contribution in [0.2, 0.25) is 10.0 Å². The van der Waals surface area contributed by atoms with Crippen molar-refractivity contribution in [2.45, 2.75) is 26.0 Å². The largest absolute Gasteiger partial charge is 0.375 e. The van der Waals surface area contributed by atoms with Gasteiger partial charge in [-0.1, -0.05) is 30.1 Å². The van der Waals surface area contributed by atoms with E-state index in [1.54, 1.807) is 6.07 Å². The van der Waals surface area contributed by atoms with Gasteiger partial charge in [0.1, 0.15) is 0 Å². The molecule has 0 saturated heterocycles. The van der Waals surface area contributed by atoms with Crippen LogP contribution < -0.4 is 5.73 Å². The minimum Gasteiger partial charge on any atom is -0.375 e. The fourth-order valence-corrected chi connectivity index (χ4v) is 1.71. The van der Waals surface area contributed by atoms with E-state index in [0.29, 0.717) is 23.3 Å². The van der Waals surface area contributed by atoms with E-state index in [2.05, 4.69) is 0 Å². The second-order valence-electron chi connectivity index (χ2n) is 3.46. The standard InChI is InChI=1S/C11H15Cl2NO/c1-2-11(14)7-15-6-8-3-9(12)5-10(13)4-8/h3-5,11H,2,6-7,14H2,1H3/t11-/m0/s1. The first-order valence-electron chi connectivity index (χ1n) is 4.90. The molecule has 4 heteroatoms. The molecule has 0 bridgehead atoms. The van der Waals surface area contributed by atoms with Crippen LogP contribution in [0.3, 0.4) is 0 Å². The van der Waals surface area contributed by atoms with Crippen LogP contribution in [-0.4, -0.2) is 12.6 Å². The Bertz CT molecular complexity index is 297. The van der Waals surface area contributed by atoms with Crippen LogP contribution in [0.5, 0.6) is 0 Å². The Kier molecular flexibility index (Phi) is 5.40. The van der Waals surface area contributed by atoms with Crippen LogP contribution in [0.1, 0.15) is 18.9 Å². The van der Waals surface area contributed by atoms with Gasteiger partial charge in [0.2, 0.25) is 0 Å². The molecule has 1 aromatic carbocycles. The first-order valence-corrected chi connectivity index (χ1v) is 5.65. The van der Waals surface area contributed by atoms with Crippen molar-refractivity contribution in [2.75, 3.05) is 6.61 Å². The first-order chi connectivity index (χ1) is 7.11. The van der Waals surface area contributed by atoms with E-state index in [4.69, 9.17) is 33.7 Å². The molecular weight excluding hydrogens is 233 g/mol. The summed E-state index contributed by atoms with van der Waals surface area (Å²) in [4.78, 5) is 0. The van der Waals surface area contributed by atoms with Gasteiger partial charge in [0.05, 0.1) is 13.2 Å². The molecular formula is C11H15Cl2NO. The maximum atomic E-state index is 5.85. The number of nitrogens with two attached hydrogens (primary N) is 1. The van der Waals surface area contributed by atoms with E-state index in [1.165, 1.54) is 0 Å². The average Bonchev–Trinajstić information content (AvgIpc) is 2.16. The van der Waals surface area contributed by atoms with Crippen LogP contribution in [0.4, 0.5) is 0 Å². The number of hydrogen-bond acceptors (Lipinski definition) is 2. The normalized spacial score (nSPS) is 12.8. The molecule has 1 aromatic rings. The lowest BCUT2D eigenvalue weighted by Crippen LogP contribution is -2.24. The minimum absolute atomic E-state index is 0.0969. The van der Waals surface area contributed by atoms with Crippen LogP contribution in [0.15, 0.2) is 18.2 Å². The van der Waals surface area contributed by atoms with Gasteiger partial charge in [0, 0.05) is 16.1 Å². The van der Waals surface area contributed by atoms with Crippen LogP contribution in [-0.2, 0) is 11.3 Å². The zero-order chi connectivity index (χ0) is 11.3. The van der Waals surface area contributed by atoms with Crippen molar-refractivity contribution in [3.05, 3.63) is 33.8 Å². The third kappa shape index (κ3) is 4.85. The number of ether oxygens (including phenoxy) is 1. The Balaban J connectivity index is 2.43. The van der Waals surface area contributed by atoms with Gasteiger partial charge in [-0.25, -0.2) is 0 Å². The molecule has 0 radical (unpaired) electrons. The summed E-state index contributed by atoms with van der Waals surface area (Å²) in [6.45, 7) is 3.08. The third-order valence-electron chi connectivity index (χ3n) is 2.05. The quantitative estimate of drug-likeness (QED) is 0.868. The van der Waals surface area contributed by atoms with Crippen molar-refractivity contribution in [1.82, 2.24) is 0 Å². The summed E-state index contributed by atoms with van der Waals surface area (Å²) in [5, 5.41) is 1.25. The Morgan fingerprint density at radius 3 is 2.40 bits per heavy atom. The number of rotatable bonds is 5. The molecule has 2 nitrogen and oxygen atoms in total. The van der Waals surface area contributed by atoms with Gasteiger partial charge in [0.15, 0.2) is 0 Å². The number of halogens is 2. The summed E-state index contributed by atoms with van der Waals surface area (Å²) >= 11 is 11.7. The van der Waals surface area contributed by atoms with Crippen molar-refractivity contribution < 1.29 is 4.74 Å². The van der Waals surface area contributed by atoms with E-state index in [9.17, 15) is 0 Å². The van der Waals surface area contributed by atoms with Crippen LogP contribution in [0, 0.1) is 0 Å². The molecule has 1 atom stereocenters. The lowest BCUT2D eigenvalue weighted by Gasteiger charge is -2.09. The van der Waals surface area contributed by atoms with Gasteiger partial charge in [-0.05, 0) is 30.2 Å². The van der Waals surface area contributed by atoms with Gasteiger partial charge in [0.25, 0.3) is 0 Å². The number of benzene rings is 1. The zero-order valence-electron chi connectivity index (χ0n) is 8.67. The second-order valence-corrected chi connectivity index (χ2v) is 4.33. The van der Waals surface area contributed by atoms with E-state index >= 15 is 0 Å². The highest BCUT2D eigenvalue weighted by molar-refractivity contribution is 6.34. The summed E-state index contributed by atoms with van der Waals surface area (Å²) in [5.41, 5.74) is 6.69. The summed E-state index contributed by atoms with van der Waals surface area (Å²) in [7, 11) is 0. The molecule has 0 spiro atoms. The molecule has 0 amide bonds. The summed E-state index contributed by atoms with van der Waals surface area (Å²) in [6, 6.07) is 5.47. The Labute approximate surface area is 100 Å². The highest BCUT2D eigenvalue weighted by Crippen LogP contribution is 2.19. The Morgan fingerprint density at radius 2 is 1.87 bits per heavy atom. The van der Waals surface area contributed by atoms with Crippen LogP contribution in [0.25, 0.3) is 0 Å². The van der Waals surface area contributed by atoms with E-state index in [-0.39, 0.29) is 6.04 Å². The SMILES string of the molecule is CC[C@H](N)COCc1cc(Cl)cc(Cl)c1. The molecule has 0 heterocycles. The van der Waals surface area contributed by atoms with Crippen molar-refractivity contribution >= 4 is 23.2 Å². The monoisotopic (exact) mass is 247 g/mol. The van der Waals surface area contributed by atoms with Gasteiger partial charge < -0.3 is 10.5 Å².